The van der Waals surface area contributed by atoms with Gasteiger partial charge in [-0.15, -0.1) is 0 Å². The van der Waals surface area contributed by atoms with E-state index in [1.165, 1.54) is 38.5 Å². The molecule has 1 fully saturated rings. The Kier molecular flexibility index (Phi) is 13.2. The zero-order valence-corrected chi connectivity index (χ0v) is 15.7. The van der Waals surface area contributed by atoms with E-state index in [9.17, 15) is 4.79 Å². The van der Waals surface area contributed by atoms with Crippen molar-refractivity contribution >= 4 is 5.91 Å². The van der Waals surface area contributed by atoms with Gasteiger partial charge in [-0.25, -0.2) is 0 Å². The molecule has 0 N–H and O–H groups in total. The van der Waals surface area contributed by atoms with Gasteiger partial charge in [-0.3, -0.25) is 4.79 Å². The lowest BCUT2D eigenvalue weighted by Crippen LogP contribution is -2.27. The van der Waals surface area contributed by atoms with Crippen molar-refractivity contribution in [2.45, 2.75) is 84.0 Å². The van der Waals surface area contributed by atoms with Gasteiger partial charge in [0, 0.05) is 19.5 Å². The molecule has 1 rings (SSSR count). The molecule has 136 valence electrons. The molecule has 0 aliphatic carbocycles. The Bertz CT molecular complexity index is 389. The van der Waals surface area contributed by atoms with Crippen molar-refractivity contribution in [2.24, 2.45) is 0 Å². The normalized spacial score (nSPS) is 15.5. The molecule has 2 nitrogen and oxygen atoms in total. The third-order valence-corrected chi connectivity index (χ3v) is 4.49. The lowest BCUT2D eigenvalue weighted by Gasteiger charge is -2.14. The first-order valence-electron chi connectivity index (χ1n) is 10.1. The van der Waals surface area contributed by atoms with E-state index >= 15 is 0 Å². The quantitative estimate of drug-likeness (QED) is 0.291. The highest BCUT2D eigenvalue weighted by atomic mass is 16.2. The first-order chi connectivity index (χ1) is 11.8. The zero-order valence-electron chi connectivity index (χ0n) is 15.7. The molecule has 2 heteroatoms. The highest BCUT2D eigenvalue weighted by molar-refractivity contribution is 5.76. The molecule has 1 aliphatic rings. The predicted molar refractivity (Wildman–Crippen MR) is 105 cm³/mol. The molecule has 1 heterocycles. The van der Waals surface area contributed by atoms with Crippen LogP contribution in [0, 0.1) is 0 Å². The molecule has 0 aromatic carbocycles. The molecule has 0 aromatic rings. The summed E-state index contributed by atoms with van der Waals surface area (Å²) in [5, 5.41) is 0. The van der Waals surface area contributed by atoms with Gasteiger partial charge < -0.3 is 4.90 Å². The topological polar surface area (TPSA) is 20.3 Å². The van der Waals surface area contributed by atoms with Gasteiger partial charge >= 0.3 is 0 Å². The van der Waals surface area contributed by atoms with Crippen LogP contribution in [-0.2, 0) is 4.79 Å². The van der Waals surface area contributed by atoms with Crippen molar-refractivity contribution in [1.82, 2.24) is 4.90 Å². The number of likely N-dealkylation sites (tertiary alicyclic amines) is 1. The summed E-state index contributed by atoms with van der Waals surface area (Å²) in [5.74, 6) is 0.363. The van der Waals surface area contributed by atoms with Crippen molar-refractivity contribution in [3.05, 3.63) is 36.5 Å². The third-order valence-electron chi connectivity index (χ3n) is 4.49. The van der Waals surface area contributed by atoms with Gasteiger partial charge in [-0.2, -0.15) is 0 Å². The SMILES string of the molecule is CCCCC/C=C\C/C=C\C/C=C\CCCCC(=O)N1CCCC1. The average molecular weight is 332 g/mol. The second kappa shape index (κ2) is 15.2. The van der Waals surface area contributed by atoms with Crippen molar-refractivity contribution in [1.29, 1.82) is 0 Å². The van der Waals surface area contributed by atoms with Crippen LogP contribution in [0.4, 0.5) is 0 Å². The van der Waals surface area contributed by atoms with E-state index in [0.717, 1.165) is 51.6 Å². The minimum atomic E-state index is 0.363. The van der Waals surface area contributed by atoms with E-state index in [1.807, 2.05) is 4.90 Å². The van der Waals surface area contributed by atoms with Crippen LogP contribution in [0.25, 0.3) is 0 Å². The number of hydrogen-bond donors (Lipinski definition) is 0. The molecule has 0 bridgehead atoms. The number of rotatable bonds is 13. The van der Waals surface area contributed by atoms with E-state index in [0.29, 0.717) is 5.91 Å². The van der Waals surface area contributed by atoms with Crippen molar-refractivity contribution in [3.8, 4) is 0 Å². The van der Waals surface area contributed by atoms with Crippen LogP contribution in [0.2, 0.25) is 0 Å². The van der Waals surface area contributed by atoms with E-state index in [-0.39, 0.29) is 0 Å². The Morgan fingerprint density at radius 1 is 0.792 bits per heavy atom. The fraction of sp³-hybridized carbons (Fsp3) is 0.682. The standard InChI is InChI=1S/C22H37NO/c1-2-3-4-5-6-7-8-9-10-11-12-13-14-15-16-19-22(24)23-20-17-18-21-23/h6-7,9-10,12-13H,2-5,8,11,14-21H2,1H3/b7-6-,10-9-,13-12-. The molecule has 0 atom stereocenters. The van der Waals surface area contributed by atoms with E-state index in [4.69, 9.17) is 0 Å². The summed E-state index contributed by atoms with van der Waals surface area (Å²) in [6.07, 6.45) is 27.2. The summed E-state index contributed by atoms with van der Waals surface area (Å²) in [7, 11) is 0. The second-order valence-corrected chi connectivity index (χ2v) is 6.72. The van der Waals surface area contributed by atoms with E-state index in [1.54, 1.807) is 0 Å². The maximum absolute atomic E-state index is 11.9. The first-order valence-corrected chi connectivity index (χ1v) is 10.1. The maximum atomic E-state index is 11.9. The lowest BCUT2D eigenvalue weighted by atomic mass is 10.1. The largest absolute Gasteiger partial charge is 0.343 e. The monoisotopic (exact) mass is 331 g/mol. The van der Waals surface area contributed by atoms with Crippen molar-refractivity contribution in [3.63, 3.8) is 0 Å². The predicted octanol–water partition coefficient (Wildman–Crippen LogP) is 6.20. The van der Waals surface area contributed by atoms with Crippen LogP contribution in [0.15, 0.2) is 36.5 Å². The summed E-state index contributed by atoms with van der Waals surface area (Å²) >= 11 is 0. The molecule has 0 saturated carbocycles. The minimum absolute atomic E-state index is 0.363. The molecular weight excluding hydrogens is 294 g/mol. The summed E-state index contributed by atoms with van der Waals surface area (Å²) in [5.41, 5.74) is 0. The molecule has 0 radical (unpaired) electrons. The molecule has 24 heavy (non-hydrogen) atoms. The van der Waals surface area contributed by atoms with Gasteiger partial charge in [0.05, 0.1) is 0 Å². The Morgan fingerprint density at radius 3 is 1.92 bits per heavy atom. The fourth-order valence-corrected chi connectivity index (χ4v) is 2.95. The van der Waals surface area contributed by atoms with Crippen LogP contribution >= 0.6 is 0 Å². The highest BCUT2D eigenvalue weighted by Crippen LogP contribution is 2.11. The minimum Gasteiger partial charge on any atom is -0.343 e. The molecular formula is C22H37NO. The Hall–Kier alpha value is -1.31. The van der Waals surface area contributed by atoms with Gasteiger partial charge in [0.1, 0.15) is 0 Å². The van der Waals surface area contributed by atoms with Gasteiger partial charge in [0.25, 0.3) is 0 Å². The van der Waals surface area contributed by atoms with Crippen molar-refractivity contribution in [2.75, 3.05) is 13.1 Å². The van der Waals surface area contributed by atoms with Gasteiger partial charge in [-0.1, -0.05) is 56.2 Å². The number of carbonyl (C=O) groups is 1. The zero-order chi connectivity index (χ0) is 17.3. The lowest BCUT2D eigenvalue weighted by molar-refractivity contribution is -0.130. The molecule has 0 unspecified atom stereocenters. The Morgan fingerprint density at radius 2 is 1.33 bits per heavy atom. The van der Waals surface area contributed by atoms with Gasteiger partial charge in [0.15, 0.2) is 0 Å². The van der Waals surface area contributed by atoms with Crippen LogP contribution in [0.3, 0.4) is 0 Å². The summed E-state index contributed by atoms with van der Waals surface area (Å²) in [4.78, 5) is 13.9. The average Bonchev–Trinajstić information content (AvgIpc) is 3.13. The summed E-state index contributed by atoms with van der Waals surface area (Å²) in [6, 6.07) is 0. The highest BCUT2D eigenvalue weighted by Gasteiger charge is 2.16. The molecule has 1 aliphatic heterocycles. The number of allylic oxidation sites excluding steroid dienone is 6. The fourth-order valence-electron chi connectivity index (χ4n) is 2.95. The third kappa shape index (κ3) is 11.3. The van der Waals surface area contributed by atoms with Crippen LogP contribution < -0.4 is 0 Å². The van der Waals surface area contributed by atoms with E-state index < -0.39 is 0 Å². The number of carbonyl (C=O) groups excluding carboxylic acids is 1. The maximum Gasteiger partial charge on any atom is 0.222 e. The summed E-state index contributed by atoms with van der Waals surface area (Å²) in [6.45, 7) is 4.21. The number of amides is 1. The van der Waals surface area contributed by atoms with Crippen molar-refractivity contribution < 1.29 is 4.79 Å². The molecule has 0 spiro atoms. The molecule has 0 aromatic heterocycles. The van der Waals surface area contributed by atoms with Crippen LogP contribution in [-0.4, -0.2) is 23.9 Å². The number of nitrogens with zero attached hydrogens (tertiary/aromatic N) is 1. The number of unbranched alkanes of at least 4 members (excludes halogenated alkanes) is 5. The van der Waals surface area contributed by atoms with Crippen LogP contribution in [0.1, 0.15) is 84.0 Å². The molecule has 1 amide bonds. The first kappa shape index (κ1) is 20.7. The number of hydrogen-bond acceptors (Lipinski definition) is 1. The van der Waals surface area contributed by atoms with Crippen LogP contribution in [0.5, 0.6) is 0 Å². The second-order valence-electron chi connectivity index (χ2n) is 6.72. The Labute approximate surface area is 149 Å². The van der Waals surface area contributed by atoms with Gasteiger partial charge in [0.2, 0.25) is 5.91 Å². The Balaban J connectivity index is 1.88. The van der Waals surface area contributed by atoms with Gasteiger partial charge in [-0.05, 0) is 57.8 Å². The summed E-state index contributed by atoms with van der Waals surface area (Å²) < 4.78 is 0. The smallest absolute Gasteiger partial charge is 0.222 e. The molecule has 1 saturated heterocycles. The van der Waals surface area contributed by atoms with E-state index in [2.05, 4.69) is 43.4 Å².